The molecule has 0 saturated carbocycles. The van der Waals surface area contributed by atoms with Gasteiger partial charge in [0.2, 0.25) is 0 Å². The number of carbonyl (C=O) groups excluding carboxylic acids is 1. The number of alkyl halides is 4. The Morgan fingerprint density at radius 1 is 1.29 bits per heavy atom. The van der Waals surface area contributed by atoms with Crippen molar-refractivity contribution in [1.82, 2.24) is 5.32 Å². The van der Waals surface area contributed by atoms with E-state index in [1.807, 2.05) is 19.2 Å². The van der Waals surface area contributed by atoms with Gasteiger partial charge < -0.3 is 5.32 Å². The van der Waals surface area contributed by atoms with Gasteiger partial charge in [-0.25, -0.2) is 8.78 Å². The van der Waals surface area contributed by atoms with E-state index in [1.54, 1.807) is 6.26 Å². The molecular weight excluding hydrogens is 258 g/mol. The molecule has 0 rings (SSSR count). The second-order valence-electron chi connectivity index (χ2n) is 3.70. The number of hydrogen-bond donors (Lipinski definition) is 1. The summed E-state index contributed by atoms with van der Waals surface area (Å²) in [7, 11) is 0. The molecule has 2 nitrogen and oxygen atoms in total. The molecule has 0 aromatic heterocycles. The maximum absolute atomic E-state index is 12.7. The lowest BCUT2D eigenvalue weighted by atomic mass is 10.0. The Labute approximate surface area is 103 Å². The summed E-state index contributed by atoms with van der Waals surface area (Å²) in [5, 5.41) is 1.91. The number of amides is 1. The fourth-order valence-corrected chi connectivity index (χ4v) is 2.11. The van der Waals surface area contributed by atoms with Crippen molar-refractivity contribution in [3.05, 3.63) is 0 Å². The van der Waals surface area contributed by atoms with Crippen LogP contribution in [-0.2, 0) is 4.79 Å². The third-order valence-electron chi connectivity index (χ3n) is 2.87. The zero-order valence-electron chi connectivity index (χ0n) is 10.0. The van der Waals surface area contributed by atoms with Crippen molar-refractivity contribution in [2.45, 2.75) is 43.8 Å². The van der Waals surface area contributed by atoms with E-state index in [2.05, 4.69) is 0 Å². The Morgan fingerprint density at radius 3 is 2.06 bits per heavy atom. The molecule has 0 aromatic carbocycles. The molecule has 0 heterocycles. The van der Waals surface area contributed by atoms with Gasteiger partial charge in [-0.15, -0.1) is 0 Å². The van der Waals surface area contributed by atoms with Crippen molar-refractivity contribution in [2.24, 2.45) is 0 Å². The van der Waals surface area contributed by atoms with Crippen molar-refractivity contribution < 1.29 is 22.4 Å². The number of rotatable bonds is 7. The van der Waals surface area contributed by atoms with Gasteiger partial charge in [0.15, 0.2) is 0 Å². The van der Waals surface area contributed by atoms with E-state index in [-0.39, 0.29) is 11.3 Å². The van der Waals surface area contributed by atoms with Crippen LogP contribution in [-0.4, -0.2) is 35.8 Å². The summed E-state index contributed by atoms with van der Waals surface area (Å²) in [4.78, 5) is 11.0. The highest BCUT2D eigenvalue weighted by molar-refractivity contribution is 8.00. The molecular formula is C10H17F4NOS. The number of carbonyl (C=O) groups is 1. The third-order valence-corrected chi connectivity index (χ3v) is 4.46. The molecule has 1 N–H and O–H groups in total. The lowest BCUT2D eigenvalue weighted by molar-refractivity contribution is -0.169. The van der Waals surface area contributed by atoms with Gasteiger partial charge in [0, 0.05) is 11.3 Å². The zero-order chi connectivity index (χ0) is 13.7. The average Bonchev–Trinajstić information content (AvgIpc) is 2.31. The summed E-state index contributed by atoms with van der Waals surface area (Å²) >= 11 is 1.43. The van der Waals surface area contributed by atoms with Crippen LogP contribution in [0.25, 0.3) is 0 Å². The fourth-order valence-electron chi connectivity index (χ4n) is 1.32. The first-order valence-electron chi connectivity index (χ1n) is 5.25. The molecule has 0 aliphatic carbocycles. The van der Waals surface area contributed by atoms with Gasteiger partial charge in [0.05, 0.1) is 0 Å². The highest BCUT2D eigenvalue weighted by Gasteiger charge is 2.49. The summed E-state index contributed by atoms with van der Waals surface area (Å²) in [5.74, 6) is -6.53. The van der Waals surface area contributed by atoms with Gasteiger partial charge >= 0.3 is 12.3 Å². The van der Waals surface area contributed by atoms with Crippen LogP contribution in [0, 0.1) is 0 Å². The molecule has 0 unspecified atom stereocenters. The van der Waals surface area contributed by atoms with Crippen molar-refractivity contribution in [1.29, 1.82) is 0 Å². The van der Waals surface area contributed by atoms with Gasteiger partial charge in [-0.1, -0.05) is 13.8 Å². The molecule has 0 fully saturated rings. The van der Waals surface area contributed by atoms with Gasteiger partial charge in [0.1, 0.15) is 0 Å². The van der Waals surface area contributed by atoms with Crippen LogP contribution in [0.3, 0.4) is 0 Å². The van der Waals surface area contributed by atoms with Crippen LogP contribution in [0.4, 0.5) is 17.6 Å². The van der Waals surface area contributed by atoms with E-state index in [0.717, 1.165) is 0 Å². The molecule has 17 heavy (non-hydrogen) atoms. The number of halogens is 4. The topological polar surface area (TPSA) is 29.1 Å². The Kier molecular flexibility index (Phi) is 6.29. The third kappa shape index (κ3) is 4.04. The lowest BCUT2D eigenvalue weighted by Crippen LogP contribution is -2.49. The Morgan fingerprint density at radius 2 is 1.76 bits per heavy atom. The second kappa shape index (κ2) is 6.47. The highest BCUT2D eigenvalue weighted by atomic mass is 32.2. The molecule has 0 aromatic rings. The highest BCUT2D eigenvalue weighted by Crippen LogP contribution is 2.30. The molecule has 1 amide bonds. The summed E-state index contributed by atoms with van der Waals surface area (Å²) in [6.45, 7) is 3.68. The maximum Gasteiger partial charge on any atom is 0.383 e. The molecule has 0 atom stereocenters. The van der Waals surface area contributed by atoms with Crippen LogP contribution in [0.15, 0.2) is 0 Å². The van der Waals surface area contributed by atoms with Gasteiger partial charge in [0.25, 0.3) is 5.91 Å². The molecule has 0 saturated heterocycles. The van der Waals surface area contributed by atoms with Crippen LogP contribution in [0.1, 0.15) is 26.7 Å². The van der Waals surface area contributed by atoms with Gasteiger partial charge in [-0.3, -0.25) is 4.79 Å². The average molecular weight is 275 g/mol. The zero-order valence-corrected chi connectivity index (χ0v) is 10.8. The smallest absolute Gasteiger partial charge is 0.349 e. The summed E-state index contributed by atoms with van der Waals surface area (Å²) in [6.07, 6.45) is -0.865. The standard InChI is InChI=1S/C10H17F4NOS/c1-4-9(5-2,17-3)6-15-8(16)10(13,14)7(11)12/h7H,4-6H2,1-3H3,(H,15,16). The van der Waals surface area contributed by atoms with Crippen LogP contribution in [0.5, 0.6) is 0 Å². The van der Waals surface area contributed by atoms with Crippen LogP contribution in [0.2, 0.25) is 0 Å². The van der Waals surface area contributed by atoms with Crippen molar-refractivity contribution in [2.75, 3.05) is 12.8 Å². The van der Waals surface area contributed by atoms with Gasteiger partial charge in [-0.2, -0.15) is 20.5 Å². The Balaban J connectivity index is 4.52. The summed E-state index contributed by atoms with van der Waals surface area (Å²) in [5.41, 5.74) is 0. The molecule has 7 heteroatoms. The van der Waals surface area contributed by atoms with E-state index >= 15 is 0 Å². The van der Waals surface area contributed by atoms with Crippen molar-refractivity contribution >= 4 is 17.7 Å². The quantitative estimate of drug-likeness (QED) is 0.724. The normalized spacial score (nSPS) is 12.9. The van der Waals surface area contributed by atoms with Crippen LogP contribution < -0.4 is 5.32 Å². The minimum absolute atomic E-state index is 0.0394. The van der Waals surface area contributed by atoms with Gasteiger partial charge in [-0.05, 0) is 19.1 Å². The Bertz CT molecular complexity index is 248. The molecule has 0 radical (unpaired) electrons. The minimum atomic E-state index is -4.62. The van der Waals surface area contributed by atoms with Crippen molar-refractivity contribution in [3.8, 4) is 0 Å². The predicted molar refractivity (Wildman–Crippen MR) is 60.8 cm³/mol. The summed E-state index contributed by atoms with van der Waals surface area (Å²) < 4.78 is 48.8. The van der Waals surface area contributed by atoms with E-state index in [9.17, 15) is 22.4 Å². The molecule has 0 aliphatic rings. The van der Waals surface area contributed by atoms with E-state index in [0.29, 0.717) is 12.8 Å². The molecule has 0 spiro atoms. The van der Waals surface area contributed by atoms with E-state index in [4.69, 9.17) is 0 Å². The maximum atomic E-state index is 12.7. The predicted octanol–water partition coefficient (Wildman–Crippen LogP) is 2.92. The SMILES string of the molecule is CCC(CC)(CNC(=O)C(F)(F)C(F)F)SC. The first-order valence-corrected chi connectivity index (χ1v) is 6.47. The van der Waals surface area contributed by atoms with E-state index < -0.39 is 18.3 Å². The molecule has 0 aliphatic heterocycles. The molecule has 0 bridgehead atoms. The summed E-state index contributed by atoms with van der Waals surface area (Å²) in [6, 6.07) is 0. The largest absolute Gasteiger partial charge is 0.383 e. The van der Waals surface area contributed by atoms with Crippen LogP contribution >= 0.6 is 11.8 Å². The van der Waals surface area contributed by atoms with E-state index in [1.165, 1.54) is 11.8 Å². The number of hydrogen-bond acceptors (Lipinski definition) is 2. The Hall–Kier alpha value is -0.460. The first kappa shape index (κ1) is 16.5. The lowest BCUT2D eigenvalue weighted by Gasteiger charge is -2.30. The second-order valence-corrected chi connectivity index (χ2v) is 4.97. The first-order chi connectivity index (χ1) is 7.75. The van der Waals surface area contributed by atoms with Crippen molar-refractivity contribution in [3.63, 3.8) is 0 Å². The fraction of sp³-hybridized carbons (Fsp3) is 0.900. The molecule has 102 valence electrons. The number of thioether (sulfide) groups is 1. The monoisotopic (exact) mass is 275 g/mol. The number of nitrogens with one attached hydrogen (secondary N) is 1. The minimum Gasteiger partial charge on any atom is -0.349 e.